The molecule has 10 heteroatoms. The lowest BCUT2D eigenvalue weighted by atomic mass is 10.9. The van der Waals surface area contributed by atoms with Crippen LogP contribution < -0.4 is 0 Å². The van der Waals surface area contributed by atoms with Crippen LogP contribution in [0.25, 0.3) is 0 Å². The van der Waals surface area contributed by atoms with Crippen LogP contribution in [0.15, 0.2) is 0 Å². The van der Waals surface area contributed by atoms with Crippen molar-refractivity contribution in [3.8, 4) is 0 Å². The van der Waals surface area contributed by atoms with Crippen LogP contribution in [0.4, 0.5) is 0 Å². The summed E-state index contributed by atoms with van der Waals surface area (Å²) in [5.74, 6) is 0. The van der Waals surface area contributed by atoms with E-state index in [1.807, 2.05) is 20.8 Å². The second-order valence-electron chi connectivity index (χ2n) is 4.22. The number of aliphatic hydroxyl groups is 2. The molecule has 0 aromatic rings. The van der Waals surface area contributed by atoms with Crippen LogP contribution in [0.5, 0.6) is 0 Å². The molecule has 0 aliphatic heterocycles. The molecule has 0 fully saturated rings. The summed E-state index contributed by atoms with van der Waals surface area (Å²) in [6, 6.07) is 0.916. The van der Waals surface area contributed by atoms with Crippen LogP contribution in [0.3, 0.4) is 0 Å². The van der Waals surface area contributed by atoms with Gasteiger partial charge in [-0.15, -0.1) is 0 Å². The van der Waals surface area contributed by atoms with Crippen molar-refractivity contribution >= 4 is 17.6 Å². The maximum atomic E-state index is 8.88. The molecule has 8 nitrogen and oxygen atoms in total. The van der Waals surface area contributed by atoms with Crippen LogP contribution >= 0.6 is 0 Å². The van der Waals surface area contributed by atoms with Gasteiger partial charge in [-0.2, -0.15) is 0 Å². The van der Waals surface area contributed by atoms with Crippen molar-refractivity contribution in [3.05, 3.63) is 0 Å². The smallest absolute Gasteiger partial charge is 0.396 e. The molecule has 0 radical (unpaired) electrons. The molecule has 0 bridgehead atoms. The Bertz CT molecular complexity index is 216. The van der Waals surface area contributed by atoms with E-state index in [1.165, 1.54) is 21.3 Å². The third-order valence-corrected chi connectivity index (χ3v) is 8.59. The third-order valence-electron chi connectivity index (χ3n) is 2.86. The Morgan fingerprint density at radius 3 is 1.09 bits per heavy atom. The van der Waals surface area contributed by atoms with E-state index >= 15 is 0 Å². The summed E-state index contributed by atoms with van der Waals surface area (Å²) in [5.41, 5.74) is 0. The highest BCUT2D eigenvalue weighted by atomic mass is 28.4. The van der Waals surface area contributed by atoms with Crippen molar-refractivity contribution in [3.63, 3.8) is 0 Å². The highest BCUT2D eigenvalue weighted by molar-refractivity contribution is 6.61. The molecule has 0 aromatic carbocycles. The monoisotopic (exact) mass is 374 g/mol. The minimum atomic E-state index is -2.55. The Hall–Kier alpha value is 0.114. The van der Waals surface area contributed by atoms with Gasteiger partial charge >= 0.3 is 17.6 Å². The molecule has 0 aromatic heterocycles. The maximum absolute atomic E-state index is 8.88. The average Bonchev–Trinajstić information content (AvgIpc) is 2.54. The highest BCUT2D eigenvalue weighted by Gasteiger charge is 2.39. The largest absolute Gasteiger partial charge is 0.503 e. The summed E-state index contributed by atoms with van der Waals surface area (Å²) in [6.45, 7) is 7.46. The molecule has 0 amide bonds. The number of aliphatic hydroxyl groups excluding tert-OH is 2. The molecule has 23 heavy (non-hydrogen) atoms. The fraction of sp³-hybridized carbons (Fsp3) is 1.00. The summed E-state index contributed by atoms with van der Waals surface area (Å²) in [7, 11) is -0.445. The van der Waals surface area contributed by atoms with E-state index in [4.69, 9.17) is 36.8 Å². The Balaban J connectivity index is 0. The minimum Gasteiger partial charge on any atom is -0.396 e. The van der Waals surface area contributed by atoms with Gasteiger partial charge in [-0.1, -0.05) is 0 Å². The first-order valence-corrected chi connectivity index (χ1v) is 11.6. The van der Waals surface area contributed by atoms with E-state index < -0.39 is 17.6 Å². The summed E-state index contributed by atoms with van der Waals surface area (Å²) in [4.78, 5) is 0. The summed E-state index contributed by atoms with van der Waals surface area (Å²) in [6.07, 6.45) is 0. The fourth-order valence-electron chi connectivity index (χ4n) is 1.83. The summed E-state index contributed by atoms with van der Waals surface area (Å²) >= 11 is 0. The van der Waals surface area contributed by atoms with Crippen LogP contribution in [0, 0.1) is 0 Å². The lowest BCUT2D eigenvalue weighted by Crippen LogP contribution is -2.46. The predicted octanol–water partition coefficient (Wildman–Crippen LogP) is 0.884. The first-order chi connectivity index (χ1) is 11.0. The van der Waals surface area contributed by atoms with Crippen molar-refractivity contribution in [2.24, 2.45) is 0 Å². The quantitative estimate of drug-likeness (QED) is 0.459. The first-order valence-electron chi connectivity index (χ1n) is 7.78. The van der Waals surface area contributed by atoms with E-state index in [9.17, 15) is 0 Å². The Kier molecular flexibility index (Phi) is 17.2. The number of hydrogen-bond acceptors (Lipinski definition) is 8. The Morgan fingerprint density at radius 1 is 0.609 bits per heavy atom. The van der Waals surface area contributed by atoms with Gasteiger partial charge in [0.25, 0.3) is 0 Å². The molecule has 0 spiro atoms. The molecule has 0 atom stereocenters. The van der Waals surface area contributed by atoms with Crippen molar-refractivity contribution in [2.75, 3.05) is 54.4 Å². The van der Waals surface area contributed by atoms with Crippen LogP contribution in [-0.4, -0.2) is 82.2 Å². The van der Waals surface area contributed by atoms with Crippen LogP contribution in [0.2, 0.25) is 12.1 Å². The molecule has 0 aliphatic carbocycles. The van der Waals surface area contributed by atoms with Crippen LogP contribution in [-0.2, 0) is 26.6 Å². The minimum absolute atomic E-state index is 0.0295. The molecule has 142 valence electrons. The van der Waals surface area contributed by atoms with Crippen molar-refractivity contribution in [1.29, 1.82) is 0 Å². The molecular formula is C13H34O8Si2. The Morgan fingerprint density at radius 2 is 0.913 bits per heavy atom. The molecule has 0 unspecified atom stereocenters. The molecule has 2 N–H and O–H groups in total. The first kappa shape index (κ1) is 25.4. The number of hydrogen-bond donors (Lipinski definition) is 2. The highest BCUT2D eigenvalue weighted by Crippen LogP contribution is 2.15. The molecule has 0 rings (SSSR count). The van der Waals surface area contributed by atoms with Gasteiger partial charge in [0.2, 0.25) is 0 Å². The number of rotatable bonds is 13. The second kappa shape index (κ2) is 15.6. The topological polar surface area (TPSA) is 95.8 Å². The van der Waals surface area contributed by atoms with Crippen LogP contribution in [0.1, 0.15) is 20.8 Å². The standard InChI is InChI=1S/C8H20O4Si.C5H14O4Si/c1-4-10-13(8-7-9,11-5-2)12-6-3;1-7-10(8-2,9-3)5-4-6/h9H,4-8H2,1-3H3;6H,4-5H2,1-3H3. The third kappa shape index (κ3) is 10.6. The lowest BCUT2D eigenvalue weighted by Gasteiger charge is -2.27. The van der Waals surface area contributed by atoms with Gasteiger partial charge < -0.3 is 36.8 Å². The van der Waals surface area contributed by atoms with Gasteiger partial charge in [-0.25, -0.2) is 0 Å². The fourth-order valence-corrected chi connectivity index (χ4v) is 5.49. The van der Waals surface area contributed by atoms with Gasteiger partial charge in [0.05, 0.1) is 0 Å². The Labute approximate surface area is 142 Å². The zero-order valence-corrected chi connectivity index (χ0v) is 17.3. The second-order valence-corrected chi connectivity index (χ2v) is 10.0. The summed E-state index contributed by atoms with van der Waals surface area (Å²) < 4.78 is 31.5. The normalized spacial score (nSPS) is 12.0. The molecule has 0 heterocycles. The van der Waals surface area contributed by atoms with Crippen molar-refractivity contribution in [1.82, 2.24) is 0 Å². The molecular weight excluding hydrogens is 340 g/mol. The van der Waals surface area contributed by atoms with E-state index in [0.717, 1.165) is 0 Å². The van der Waals surface area contributed by atoms with E-state index in [0.29, 0.717) is 31.9 Å². The molecule has 0 saturated carbocycles. The van der Waals surface area contributed by atoms with E-state index in [2.05, 4.69) is 0 Å². The van der Waals surface area contributed by atoms with Gasteiger partial charge in [0.1, 0.15) is 0 Å². The van der Waals surface area contributed by atoms with Gasteiger partial charge in [0.15, 0.2) is 0 Å². The van der Waals surface area contributed by atoms with Gasteiger partial charge in [-0.3, -0.25) is 0 Å². The molecule has 0 saturated heterocycles. The lowest BCUT2D eigenvalue weighted by molar-refractivity contribution is 0.0665. The van der Waals surface area contributed by atoms with Crippen molar-refractivity contribution in [2.45, 2.75) is 32.9 Å². The van der Waals surface area contributed by atoms with Crippen molar-refractivity contribution < 1.29 is 36.8 Å². The predicted molar refractivity (Wildman–Crippen MR) is 91.2 cm³/mol. The maximum Gasteiger partial charge on any atom is 0.503 e. The van der Waals surface area contributed by atoms with Gasteiger partial charge in [-0.05, 0) is 20.8 Å². The average molecular weight is 375 g/mol. The molecule has 0 aliphatic rings. The zero-order chi connectivity index (χ0) is 18.2. The zero-order valence-electron chi connectivity index (χ0n) is 15.3. The summed E-state index contributed by atoms with van der Waals surface area (Å²) in [5, 5.41) is 17.5. The van der Waals surface area contributed by atoms with E-state index in [1.54, 1.807) is 0 Å². The SMILES string of the molecule is CCO[Si](CCO)(OCC)OCC.CO[Si](CCO)(OC)OC. The van der Waals surface area contributed by atoms with Gasteiger partial charge in [0, 0.05) is 66.5 Å². The van der Waals surface area contributed by atoms with E-state index in [-0.39, 0.29) is 13.2 Å².